The van der Waals surface area contributed by atoms with Gasteiger partial charge >= 0.3 is 0 Å². The minimum absolute atomic E-state index is 0.00156. The number of benzene rings is 2. The largest absolute Gasteiger partial charge is 0.376 e. The maximum absolute atomic E-state index is 12.8. The summed E-state index contributed by atoms with van der Waals surface area (Å²) in [5.74, 6) is -1.14. The smallest absolute Gasteiger partial charge is 0.292 e. The molecule has 1 N–H and O–H groups in total. The van der Waals surface area contributed by atoms with Crippen LogP contribution in [0.15, 0.2) is 54.7 Å². The molecule has 1 saturated heterocycles. The number of rotatable bonds is 6. The zero-order valence-electron chi connectivity index (χ0n) is 15.4. The van der Waals surface area contributed by atoms with Crippen molar-refractivity contribution in [3.63, 3.8) is 0 Å². The number of Topliss-reactive ketones (excluding diaryl/α,β-unsaturated/α-hetero) is 1. The Balaban J connectivity index is 1.59. The highest BCUT2D eigenvalue weighted by atomic mass is 35.5. The Bertz CT molecular complexity index is 1020. The molecule has 1 fully saturated rings. The number of nitrogens with zero attached hydrogens (tertiary/aromatic N) is 1. The number of nitrogens with one attached hydrogen (secondary N) is 1. The molecule has 1 atom stereocenters. The normalized spacial score (nSPS) is 16.4. The molecule has 0 spiro atoms. The summed E-state index contributed by atoms with van der Waals surface area (Å²) in [6, 6.07) is 15.2. The summed E-state index contributed by atoms with van der Waals surface area (Å²) in [7, 11) is 0. The van der Waals surface area contributed by atoms with Crippen molar-refractivity contribution in [2.45, 2.75) is 25.5 Å². The summed E-state index contributed by atoms with van der Waals surface area (Å²) >= 11 is 6.29. The topological polar surface area (TPSA) is 60.3 Å². The summed E-state index contributed by atoms with van der Waals surface area (Å²) in [5, 5.41) is 4.14. The number of para-hydroxylation sites is 1. The Morgan fingerprint density at radius 1 is 1.14 bits per heavy atom. The zero-order chi connectivity index (χ0) is 19.5. The van der Waals surface area contributed by atoms with Crippen molar-refractivity contribution in [1.82, 2.24) is 9.88 Å². The molecule has 3 aromatic rings. The Morgan fingerprint density at radius 3 is 2.71 bits per heavy atom. The molecule has 6 heteroatoms. The van der Waals surface area contributed by atoms with Crippen LogP contribution in [0.1, 0.15) is 28.8 Å². The third kappa shape index (κ3) is 3.81. The predicted octanol–water partition coefficient (Wildman–Crippen LogP) is 3.82. The number of aromatic nitrogens is 1. The molecular weight excluding hydrogens is 376 g/mol. The van der Waals surface area contributed by atoms with Gasteiger partial charge in [0, 0.05) is 41.8 Å². The summed E-state index contributed by atoms with van der Waals surface area (Å²) in [4.78, 5) is 25.2. The number of amides is 1. The van der Waals surface area contributed by atoms with Gasteiger partial charge in [-0.1, -0.05) is 48.0 Å². The van der Waals surface area contributed by atoms with Crippen LogP contribution in [0.3, 0.4) is 0 Å². The summed E-state index contributed by atoms with van der Waals surface area (Å²) in [6.45, 7) is 1.60. The van der Waals surface area contributed by atoms with E-state index in [0.717, 1.165) is 29.3 Å². The lowest BCUT2D eigenvalue weighted by molar-refractivity contribution is -0.117. The molecule has 2 heterocycles. The first kappa shape index (κ1) is 18.7. The summed E-state index contributed by atoms with van der Waals surface area (Å²) in [6.07, 6.45) is 3.63. The van der Waals surface area contributed by atoms with E-state index in [1.165, 1.54) is 0 Å². The van der Waals surface area contributed by atoms with Crippen molar-refractivity contribution in [2.75, 3.05) is 13.2 Å². The molecule has 1 aliphatic rings. The van der Waals surface area contributed by atoms with Crippen molar-refractivity contribution < 1.29 is 14.3 Å². The summed E-state index contributed by atoms with van der Waals surface area (Å²) < 4.78 is 7.45. The number of hydrogen-bond acceptors (Lipinski definition) is 3. The fourth-order valence-electron chi connectivity index (χ4n) is 3.58. The van der Waals surface area contributed by atoms with Crippen LogP contribution in [0.5, 0.6) is 0 Å². The van der Waals surface area contributed by atoms with Crippen LogP contribution in [-0.4, -0.2) is 35.5 Å². The standard InChI is InChI=1S/C22H21ClN2O3/c23-19-9-3-1-6-15(19)13-25-14-18(17-8-2-4-10-20(17)25)21(26)22(27)24-12-16-7-5-11-28-16/h1-4,6,8-10,14,16H,5,7,11-13H2,(H,24,27)/t16-/m1/s1. The molecule has 0 unspecified atom stereocenters. The zero-order valence-corrected chi connectivity index (χ0v) is 16.1. The molecule has 2 aromatic carbocycles. The van der Waals surface area contributed by atoms with E-state index in [1.807, 2.05) is 53.1 Å². The molecule has 1 aromatic heterocycles. The second-order valence-electron chi connectivity index (χ2n) is 6.95. The van der Waals surface area contributed by atoms with Gasteiger partial charge in [-0.2, -0.15) is 0 Å². The van der Waals surface area contributed by atoms with Gasteiger partial charge in [-0.3, -0.25) is 9.59 Å². The van der Waals surface area contributed by atoms with Crippen molar-refractivity contribution in [3.05, 3.63) is 70.9 Å². The van der Waals surface area contributed by atoms with Crippen LogP contribution in [0, 0.1) is 0 Å². The van der Waals surface area contributed by atoms with Gasteiger partial charge in [0.15, 0.2) is 0 Å². The van der Waals surface area contributed by atoms with E-state index in [0.29, 0.717) is 30.3 Å². The number of ether oxygens (including phenoxy) is 1. The highest BCUT2D eigenvalue weighted by Crippen LogP contribution is 2.25. The van der Waals surface area contributed by atoms with Gasteiger partial charge in [-0.25, -0.2) is 0 Å². The molecule has 0 saturated carbocycles. The Kier molecular flexibility index (Phi) is 5.46. The molecule has 0 aliphatic carbocycles. The van der Waals surface area contributed by atoms with Crippen LogP contribution in [0.2, 0.25) is 5.02 Å². The van der Waals surface area contributed by atoms with Crippen LogP contribution >= 0.6 is 11.6 Å². The van der Waals surface area contributed by atoms with Crippen LogP contribution < -0.4 is 5.32 Å². The van der Waals surface area contributed by atoms with Crippen molar-refractivity contribution in [2.24, 2.45) is 0 Å². The average Bonchev–Trinajstić information content (AvgIpc) is 3.36. The van der Waals surface area contributed by atoms with Crippen molar-refractivity contribution in [1.29, 1.82) is 0 Å². The monoisotopic (exact) mass is 396 g/mol. The van der Waals surface area contributed by atoms with E-state index in [1.54, 1.807) is 6.20 Å². The third-order valence-electron chi connectivity index (χ3n) is 5.05. The lowest BCUT2D eigenvalue weighted by atomic mass is 10.1. The van der Waals surface area contributed by atoms with E-state index in [9.17, 15) is 9.59 Å². The van der Waals surface area contributed by atoms with Crippen LogP contribution in [-0.2, 0) is 16.1 Å². The first-order valence-corrected chi connectivity index (χ1v) is 9.76. The van der Waals surface area contributed by atoms with E-state index in [2.05, 4.69) is 5.32 Å². The fraction of sp³-hybridized carbons (Fsp3) is 0.273. The first-order valence-electron chi connectivity index (χ1n) is 9.39. The van der Waals surface area contributed by atoms with E-state index >= 15 is 0 Å². The van der Waals surface area contributed by atoms with Crippen LogP contribution in [0.25, 0.3) is 10.9 Å². The first-order chi connectivity index (χ1) is 13.6. The highest BCUT2D eigenvalue weighted by Gasteiger charge is 2.23. The molecular formula is C22H21ClN2O3. The van der Waals surface area contributed by atoms with Gasteiger partial charge in [-0.05, 0) is 30.5 Å². The molecule has 4 rings (SSSR count). The van der Waals surface area contributed by atoms with E-state index < -0.39 is 11.7 Å². The predicted molar refractivity (Wildman–Crippen MR) is 109 cm³/mol. The molecule has 0 radical (unpaired) electrons. The SMILES string of the molecule is O=C(NC[C@H]1CCCO1)C(=O)c1cn(Cc2ccccc2Cl)c2ccccc12. The lowest BCUT2D eigenvalue weighted by Crippen LogP contribution is -2.36. The lowest BCUT2D eigenvalue weighted by Gasteiger charge is -2.09. The highest BCUT2D eigenvalue weighted by molar-refractivity contribution is 6.45. The van der Waals surface area contributed by atoms with Gasteiger partial charge < -0.3 is 14.6 Å². The quantitative estimate of drug-likeness (QED) is 0.509. The Labute approximate surface area is 168 Å². The van der Waals surface area contributed by atoms with E-state index in [4.69, 9.17) is 16.3 Å². The molecule has 28 heavy (non-hydrogen) atoms. The molecule has 1 amide bonds. The van der Waals surface area contributed by atoms with E-state index in [-0.39, 0.29) is 6.10 Å². The van der Waals surface area contributed by atoms with Crippen molar-refractivity contribution in [3.8, 4) is 0 Å². The third-order valence-corrected chi connectivity index (χ3v) is 5.42. The number of carbonyl (C=O) groups excluding carboxylic acids is 2. The minimum atomic E-state index is -0.601. The molecule has 5 nitrogen and oxygen atoms in total. The number of hydrogen-bond donors (Lipinski definition) is 1. The Morgan fingerprint density at radius 2 is 1.93 bits per heavy atom. The second-order valence-corrected chi connectivity index (χ2v) is 7.36. The number of fused-ring (bicyclic) bond motifs is 1. The average molecular weight is 397 g/mol. The number of carbonyl (C=O) groups is 2. The van der Waals surface area contributed by atoms with Gasteiger partial charge in [0.25, 0.3) is 11.7 Å². The Hall–Kier alpha value is -2.63. The maximum atomic E-state index is 12.8. The van der Waals surface area contributed by atoms with Gasteiger partial charge in [-0.15, -0.1) is 0 Å². The molecule has 0 bridgehead atoms. The number of halogens is 1. The van der Waals surface area contributed by atoms with Crippen LogP contribution in [0.4, 0.5) is 0 Å². The number of ketones is 1. The minimum Gasteiger partial charge on any atom is -0.376 e. The fourth-order valence-corrected chi connectivity index (χ4v) is 3.78. The maximum Gasteiger partial charge on any atom is 0.292 e. The van der Waals surface area contributed by atoms with Crippen molar-refractivity contribution >= 4 is 34.2 Å². The molecule has 144 valence electrons. The van der Waals surface area contributed by atoms with Gasteiger partial charge in [0.2, 0.25) is 0 Å². The van der Waals surface area contributed by atoms with Gasteiger partial charge in [0.1, 0.15) is 0 Å². The molecule has 1 aliphatic heterocycles. The van der Waals surface area contributed by atoms with Gasteiger partial charge in [0.05, 0.1) is 11.7 Å². The second kappa shape index (κ2) is 8.17. The summed E-state index contributed by atoms with van der Waals surface area (Å²) in [5.41, 5.74) is 2.23.